The Morgan fingerprint density at radius 3 is 2.56 bits per heavy atom. The second-order valence-electron chi connectivity index (χ2n) is 4.01. The molecule has 0 aliphatic carbocycles. The Hall–Kier alpha value is -1.16. The molecule has 0 radical (unpaired) electrons. The predicted molar refractivity (Wildman–Crippen MR) is 60.8 cm³/mol. The van der Waals surface area contributed by atoms with Crippen LogP contribution >= 0.6 is 0 Å². The highest BCUT2D eigenvalue weighted by molar-refractivity contribution is 5.95. The van der Waals surface area contributed by atoms with Gasteiger partial charge in [0.1, 0.15) is 0 Å². The average molecular weight is 225 g/mol. The lowest BCUT2D eigenvalue weighted by molar-refractivity contribution is -0.121. The number of rotatable bonds is 8. The molecule has 1 aliphatic rings. The first-order chi connectivity index (χ1) is 7.66. The molecule has 1 rings (SSSR count). The van der Waals surface area contributed by atoms with E-state index in [1.807, 2.05) is 13.0 Å². The third-order valence-electron chi connectivity index (χ3n) is 2.62. The first kappa shape index (κ1) is 12.9. The van der Waals surface area contributed by atoms with Gasteiger partial charge in [-0.3, -0.25) is 9.59 Å². The van der Waals surface area contributed by atoms with E-state index in [0.717, 1.165) is 25.7 Å². The molecule has 2 N–H and O–H groups in total. The number of carbonyl (C=O) groups is 2. The number of hydrogen-bond acceptors (Lipinski definition) is 3. The SMILES string of the molecule is CC=CCCCCCC(=O)C1OC1C(N)=O. The van der Waals surface area contributed by atoms with Gasteiger partial charge in [-0.25, -0.2) is 0 Å². The zero-order chi connectivity index (χ0) is 12.0. The van der Waals surface area contributed by atoms with Crippen LogP contribution in [0.25, 0.3) is 0 Å². The van der Waals surface area contributed by atoms with Gasteiger partial charge in [-0.05, 0) is 26.2 Å². The summed E-state index contributed by atoms with van der Waals surface area (Å²) >= 11 is 0. The van der Waals surface area contributed by atoms with E-state index in [9.17, 15) is 9.59 Å². The van der Waals surface area contributed by atoms with Gasteiger partial charge in [-0.1, -0.05) is 18.6 Å². The molecule has 2 atom stereocenters. The van der Waals surface area contributed by atoms with Crippen molar-refractivity contribution in [1.29, 1.82) is 0 Å². The van der Waals surface area contributed by atoms with Gasteiger partial charge in [-0.2, -0.15) is 0 Å². The van der Waals surface area contributed by atoms with Crippen LogP contribution in [0.4, 0.5) is 0 Å². The summed E-state index contributed by atoms with van der Waals surface area (Å²) in [6.45, 7) is 2.00. The number of hydrogen-bond donors (Lipinski definition) is 1. The Labute approximate surface area is 95.8 Å². The van der Waals surface area contributed by atoms with Gasteiger partial charge in [0, 0.05) is 6.42 Å². The molecule has 1 aliphatic heterocycles. The van der Waals surface area contributed by atoms with Crippen molar-refractivity contribution in [1.82, 2.24) is 0 Å². The summed E-state index contributed by atoms with van der Waals surface area (Å²) < 4.78 is 4.90. The maximum Gasteiger partial charge on any atom is 0.249 e. The number of Topliss-reactive ketones (excluding diaryl/α,β-unsaturated/α-hetero) is 1. The minimum Gasteiger partial charge on any atom is -0.367 e. The van der Waals surface area contributed by atoms with Gasteiger partial charge in [0.05, 0.1) is 0 Å². The molecule has 1 amide bonds. The largest absolute Gasteiger partial charge is 0.367 e. The smallest absolute Gasteiger partial charge is 0.249 e. The van der Waals surface area contributed by atoms with Crippen LogP contribution in [0.5, 0.6) is 0 Å². The van der Waals surface area contributed by atoms with E-state index in [4.69, 9.17) is 10.5 Å². The fourth-order valence-electron chi connectivity index (χ4n) is 1.62. The lowest BCUT2D eigenvalue weighted by atomic mass is 10.1. The highest BCUT2D eigenvalue weighted by atomic mass is 16.6. The predicted octanol–water partition coefficient (Wildman–Crippen LogP) is 1.33. The first-order valence-corrected chi connectivity index (χ1v) is 5.75. The molecule has 1 heterocycles. The molecule has 1 saturated heterocycles. The molecule has 0 aromatic rings. The summed E-state index contributed by atoms with van der Waals surface area (Å²) in [6.07, 6.45) is 7.49. The lowest BCUT2D eigenvalue weighted by Crippen LogP contribution is -2.22. The van der Waals surface area contributed by atoms with Gasteiger partial charge in [-0.15, -0.1) is 0 Å². The molecule has 4 nitrogen and oxygen atoms in total. The molecule has 90 valence electrons. The number of nitrogens with two attached hydrogens (primary N) is 1. The number of amides is 1. The number of unbranched alkanes of at least 4 members (excludes halogenated alkanes) is 3. The van der Waals surface area contributed by atoms with Gasteiger partial charge < -0.3 is 10.5 Å². The van der Waals surface area contributed by atoms with Crippen molar-refractivity contribution in [3.63, 3.8) is 0 Å². The van der Waals surface area contributed by atoms with Crippen LogP contribution in [0.3, 0.4) is 0 Å². The van der Waals surface area contributed by atoms with E-state index in [-0.39, 0.29) is 5.78 Å². The van der Waals surface area contributed by atoms with Gasteiger partial charge in [0.25, 0.3) is 0 Å². The molecule has 0 aromatic carbocycles. The highest BCUT2D eigenvalue weighted by Crippen LogP contribution is 2.24. The van der Waals surface area contributed by atoms with E-state index in [0.29, 0.717) is 6.42 Å². The molecule has 16 heavy (non-hydrogen) atoms. The zero-order valence-corrected chi connectivity index (χ0v) is 9.65. The fraction of sp³-hybridized carbons (Fsp3) is 0.667. The highest BCUT2D eigenvalue weighted by Gasteiger charge is 2.48. The fourth-order valence-corrected chi connectivity index (χ4v) is 1.62. The Bertz CT molecular complexity index is 286. The third-order valence-corrected chi connectivity index (χ3v) is 2.62. The molecule has 0 saturated carbocycles. The molecular formula is C12H19NO3. The summed E-state index contributed by atoms with van der Waals surface area (Å²) in [6, 6.07) is 0. The summed E-state index contributed by atoms with van der Waals surface area (Å²) in [7, 11) is 0. The van der Waals surface area contributed by atoms with E-state index in [1.54, 1.807) is 0 Å². The van der Waals surface area contributed by atoms with Crippen molar-refractivity contribution < 1.29 is 14.3 Å². The topological polar surface area (TPSA) is 72.7 Å². The average Bonchev–Trinajstić information content (AvgIpc) is 3.02. The van der Waals surface area contributed by atoms with E-state index in [2.05, 4.69) is 6.08 Å². The van der Waals surface area contributed by atoms with Crippen LogP contribution < -0.4 is 5.73 Å². The maximum atomic E-state index is 11.5. The van der Waals surface area contributed by atoms with Crippen molar-refractivity contribution in [2.75, 3.05) is 0 Å². The summed E-state index contributed by atoms with van der Waals surface area (Å²) in [5.41, 5.74) is 5.01. The van der Waals surface area contributed by atoms with Crippen molar-refractivity contribution in [3.8, 4) is 0 Å². The molecule has 1 fully saturated rings. The third kappa shape index (κ3) is 4.14. The van der Waals surface area contributed by atoms with E-state index >= 15 is 0 Å². The number of ether oxygens (including phenoxy) is 1. The van der Waals surface area contributed by atoms with Crippen molar-refractivity contribution in [3.05, 3.63) is 12.2 Å². The quantitative estimate of drug-likeness (QED) is 0.385. The second kappa shape index (κ2) is 6.43. The number of allylic oxidation sites excluding steroid dienone is 2. The van der Waals surface area contributed by atoms with Crippen LogP contribution in [0.15, 0.2) is 12.2 Å². The Balaban J connectivity index is 2.02. The standard InChI is InChI=1S/C12H19NO3/c1-2-3-4-5-6-7-8-9(14)10-11(16-10)12(13)15/h2-3,10-11H,4-8H2,1H3,(H2,13,15). The van der Waals surface area contributed by atoms with Crippen molar-refractivity contribution >= 4 is 11.7 Å². The number of epoxide rings is 1. The van der Waals surface area contributed by atoms with Crippen molar-refractivity contribution in [2.45, 2.75) is 51.2 Å². The van der Waals surface area contributed by atoms with Gasteiger partial charge in [0.2, 0.25) is 5.91 Å². The van der Waals surface area contributed by atoms with Crippen LogP contribution in [-0.2, 0) is 14.3 Å². The van der Waals surface area contributed by atoms with Gasteiger partial charge in [0.15, 0.2) is 18.0 Å². The van der Waals surface area contributed by atoms with Crippen molar-refractivity contribution in [2.24, 2.45) is 5.73 Å². The molecular weight excluding hydrogens is 206 g/mol. The van der Waals surface area contributed by atoms with Crippen LogP contribution in [-0.4, -0.2) is 23.9 Å². The number of primary amides is 1. The Morgan fingerprint density at radius 1 is 1.25 bits per heavy atom. The lowest BCUT2D eigenvalue weighted by Gasteiger charge is -1.97. The molecule has 0 aromatic heterocycles. The van der Waals surface area contributed by atoms with E-state index < -0.39 is 18.1 Å². The summed E-state index contributed by atoms with van der Waals surface area (Å²) in [5, 5.41) is 0. The monoisotopic (exact) mass is 225 g/mol. The Kier molecular flexibility index (Phi) is 5.19. The molecule has 0 bridgehead atoms. The second-order valence-corrected chi connectivity index (χ2v) is 4.01. The Morgan fingerprint density at radius 2 is 2.00 bits per heavy atom. The minimum absolute atomic E-state index is 0.00911. The minimum atomic E-state index is -0.657. The van der Waals surface area contributed by atoms with Crippen LogP contribution in [0.2, 0.25) is 0 Å². The first-order valence-electron chi connectivity index (χ1n) is 5.75. The molecule has 2 unspecified atom stereocenters. The molecule has 4 heteroatoms. The van der Waals surface area contributed by atoms with Gasteiger partial charge >= 0.3 is 0 Å². The van der Waals surface area contributed by atoms with E-state index in [1.165, 1.54) is 0 Å². The zero-order valence-electron chi connectivity index (χ0n) is 9.65. The number of carbonyl (C=O) groups excluding carboxylic acids is 2. The molecule has 0 spiro atoms. The summed E-state index contributed by atoms with van der Waals surface area (Å²) in [5.74, 6) is -0.527. The maximum absolute atomic E-state index is 11.5. The normalized spacial score (nSPS) is 23.6. The van der Waals surface area contributed by atoms with Crippen LogP contribution in [0, 0.1) is 0 Å². The summed E-state index contributed by atoms with van der Waals surface area (Å²) in [4.78, 5) is 22.1. The van der Waals surface area contributed by atoms with Crippen LogP contribution in [0.1, 0.15) is 39.0 Å². The number of ketones is 1.